The van der Waals surface area contributed by atoms with Gasteiger partial charge in [-0.25, -0.2) is 0 Å². The van der Waals surface area contributed by atoms with E-state index in [2.05, 4.69) is 47.3 Å². The Hall–Kier alpha value is -1.13. The van der Waals surface area contributed by atoms with E-state index in [0.29, 0.717) is 0 Å². The second-order valence-electron chi connectivity index (χ2n) is 4.37. The van der Waals surface area contributed by atoms with Crippen LogP contribution < -0.4 is 11.3 Å². The minimum absolute atomic E-state index is 0.944. The lowest BCUT2D eigenvalue weighted by atomic mass is 10.0. The smallest absolute Gasteiger partial charge is 0.0759 e. The van der Waals surface area contributed by atoms with Crippen LogP contribution in [0, 0.1) is 0 Å². The molecule has 0 fully saturated rings. The molecule has 0 saturated carbocycles. The Balaban J connectivity index is 2.74. The second kappa shape index (κ2) is 5.67. The monoisotopic (exact) mass is 307 g/mol. The van der Waals surface area contributed by atoms with E-state index in [-0.39, 0.29) is 0 Å². The summed E-state index contributed by atoms with van der Waals surface area (Å²) in [6, 6.07) is 6.23. The molecule has 18 heavy (non-hydrogen) atoms. The third kappa shape index (κ3) is 2.49. The molecule has 1 aromatic heterocycles. The van der Waals surface area contributed by atoms with Gasteiger partial charge in [0.05, 0.1) is 11.2 Å². The number of hydrazine groups is 1. The standard InChI is InChI=1S/C14H18BrN3/c1-3-5-11-8-13(18-16)12-7-10(15)6-9(4-2)14(12)17-11/h6-8H,3-5,16H2,1-2H3,(H,17,18). The molecule has 0 radical (unpaired) electrons. The first-order valence-electron chi connectivity index (χ1n) is 6.28. The van der Waals surface area contributed by atoms with Crippen molar-refractivity contribution in [3.05, 3.63) is 33.9 Å². The molecule has 0 aliphatic rings. The molecule has 0 atom stereocenters. The van der Waals surface area contributed by atoms with Gasteiger partial charge in [0.25, 0.3) is 0 Å². The highest BCUT2D eigenvalue weighted by atomic mass is 79.9. The van der Waals surface area contributed by atoms with Crippen molar-refractivity contribution < 1.29 is 0 Å². The fourth-order valence-corrected chi connectivity index (χ4v) is 2.69. The number of halogens is 1. The quantitative estimate of drug-likeness (QED) is 0.667. The molecule has 0 unspecified atom stereocenters. The van der Waals surface area contributed by atoms with E-state index in [9.17, 15) is 0 Å². The van der Waals surface area contributed by atoms with Crippen molar-refractivity contribution in [1.82, 2.24) is 4.98 Å². The predicted octanol–water partition coefficient (Wildman–Crippen LogP) is 3.80. The Labute approximate surface area is 116 Å². The van der Waals surface area contributed by atoms with Crippen molar-refractivity contribution in [2.75, 3.05) is 5.43 Å². The van der Waals surface area contributed by atoms with E-state index >= 15 is 0 Å². The summed E-state index contributed by atoms with van der Waals surface area (Å²) in [5.74, 6) is 5.63. The van der Waals surface area contributed by atoms with E-state index in [1.165, 1.54) is 5.56 Å². The molecule has 2 aromatic rings. The van der Waals surface area contributed by atoms with Gasteiger partial charge in [-0.1, -0.05) is 36.2 Å². The number of nitrogen functional groups attached to an aromatic ring is 1. The molecule has 1 heterocycles. The fourth-order valence-electron chi connectivity index (χ4n) is 2.19. The maximum absolute atomic E-state index is 5.63. The number of anilines is 1. The Kier molecular flexibility index (Phi) is 4.19. The van der Waals surface area contributed by atoms with Gasteiger partial charge >= 0.3 is 0 Å². The summed E-state index contributed by atoms with van der Waals surface area (Å²) in [6.45, 7) is 4.30. The lowest BCUT2D eigenvalue weighted by Gasteiger charge is -2.12. The Morgan fingerprint density at radius 2 is 2.06 bits per heavy atom. The van der Waals surface area contributed by atoms with Crippen molar-refractivity contribution in [3.63, 3.8) is 0 Å². The van der Waals surface area contributed by atoms with Crippen LogP contribution in [0.2, 0.25) is 0 Å². The summed E-state index contributed by atoms with van der Waals surface area (Å²) in [7, 11) is 0. The van der Waals surface area contributed by atoms with Crippen molar-refractivity contribution in [2.45, 2.75) is 33.1 Å². The van der Waals surface area contributed by atoms with Crippen LogP contribution in [0.5, 0.6) is 0 Å². The summed E-state index contributed by atoms with van der Waals surface area (Å²) in [5.41, 5.74) is 7.12. The van der Waals surface area contributed by atoms with Crippen molar-refractivity contribution in [2.24, 2.45) is 5.84 Å². The maximum atomic E-state index is 5.63. The first kappa shape index (κ1) is 13.3. The second-order valence-corrected chi connectivity index (χ2v) is 5.29. The highest BCUT2D eigenvalue weighted by Gasteiger charge is 2.09. The van der Waals surface area contributed by atoms with Gasteiger partial charge in [0.1, 0.15) is 0 Å². The molecule has 0 amide bonds. The molecule has 0 spiro atoms. The fraction of sp³-hybridized carbons (Fsp3) is 0.357. The number of benzene rings is 1. The molecule has 96 valence electrons. The van der Waals surface area contributed by atoms with Gasteiger partial charge in [-0.15, -0.1) is 0 Å². The minimum atomic E-state index is 0.944. The molecule has 3 N–H and O–H groups in total. The van der Waals surface area contributed by atoms with Gasteiger partial charge in [-0.3, -0.25) is 10.8 Å². The lowest BCUT2D eigenvalue weighted by Crippen LogP contribution is -2.09. The summed E-state index contributed by atoms with van der Waals surface area (Å²) in [6.07, 6.45) is 3.02. The van der Waals surface area contributed by atoms with E-state index in [4.69, 9.17) is 10.8 Å². The number of fused-ring (bicyclic) bond motifs is 1. The van der Waals surface area contributed by atoms with Crippen LogP contribution in [-0.4, -0.2) is 4.98 Å². The van der Waals surface area contributed by atoms with Gasteiger partial charge in [-0.05, 0) is 36.6 Å². The number of rotatable bonds is 4. The van der Waals surface area contributed by atoms with Gasteiger partial charge in [0.15, 0.2) is 0 Å². The summed E-state index contributed by atoms with van der Waals surface area (Å²) >= 11 is 3.54. The molecule has 0 saturated heterocycles. The molecule has 3 nitrogen and oxygen atoms in total. The van der Waals surface area contributed by atoms with Crippen molar-refractivity contribution in [1.29, 1.82) is 0 Å². The van der Waals surface area contributed by atoms with Gasteiger partial charge in [0.2, 0.25) is 0 Å². The molecular weight excluding hydrogens is 290 g/mol. The van der Waals surface area contributed by atoms with Crippen LogP contribution in [0.25, 0.3) is 10.9 Å². The maximum Gasteiger partial charge on any atom is 0.0759 e. The summed E-state index contributed by atoms with van der Waals surface area (Å²) in [5, 5.41) is 1.07. The highest BCUT2D eigenvalue weighted by Crippen LogP contribution is 2.29. The average Bonchev–Trinajstić information content (AvgIpc) is 2.37. The zero-order chi connectivity index (χ0) is 13.1. The molecule has 0 aliphatic heterocycles. The summed E-state index contributed by atoms with van der Waals surface area (Å²) < 4.78 is 1.06. The van der Waals surface area contributed by atoms with Crippen LogP contribution in [0.1, 0.15) is 31.5 Å². The topological polar surface area (TPSA) is 50.9 Å². The number of hydrogen-bond acceptors (Lipinski definition) is 3. The Morgan fingerprint density at radius 1 is 1.28 bits per heavy atom. The van der Waals surface area contributed by atoms with Gasteiger partial charge in [0, 0.05) is 15.6 Å². The lowest BCUT2D eigenvalue weighted by molar-refractivity contribution is 0.888. The molecule has 0 bridgehead atoms. The third-order valence-electron chi connectivity index (χ3n) is 3.05. The van der Waals surface area contributed by atoms with E-state index in [1.807, 2.05) is 6.07 Å². The van der Waals surface area contributed by atoms with Gasteiger partial charge in [-0.2, -0.15) is 0 Å². The predicted molar refractivity (Wildman–Crippen MR) is 80.6 cm³/mol. The molecule has 1 aromatic carbocycles. The zero-order valence-electron chi connectivity index (χ0n) is 10.8. The minimum Gasteiger partial charge on any atom is -0.323 e. The normalized spacial score (nSPS) is 10.9. The molecule has 0 aliphatic carbocycles. The Bertz CT molecular complexity index is 566. The van der Waals surface area contributed by atoms with E-state index in [1.54, 1.807) is 0 Å². The molecular formula is C14H18BrN3. The molecule has 2 rings (SSSR count). The number of pyridine rings is 1. The number of hydrogen-bond donors (Lipinski definition) is 2. The van der Waals surface area contributed by atoms with Crippen LogP contribution in [-0.2, 0) is 12.8 Å². The average molecular weight is 308 g/mol. The van der Waals surface area contributed by atoms with Gasteiger partial charge < -0.3 is 5.43 Å². The van der Waals surface area contributed by atoms with Crippen molar-refractivity contribution in [3.8, 4) is 0 Å². The Morgan fingerprint density at radius 3 is 2.67 bits per heavy atom. The summed E-state index contributed by atoms with van der Waals surface area (Å²) in [4.78, 5) is 4.77. The first-order valence-corrected chi connectivity index (χ1v) is 7.07. The number of aromatic nitrogens is 1. The molecule has 4 heteroatoms. The van der Waals surface area contributed by atoms with E-state index in [0.717, 1.165) is 46.0 Å². The number of aryl methyl sites for hydroxylation is 2. The first-order chi connectivity index (χ1) is 8.69. The number of nitrogens with one attached hydrogen (secondary N) is 1. The highest BCUT2D eigenvalue weighted by molar-refractivity contribution is 9.10. The van der Waals surface area contributed by atoms with Crippen LogP contribution in [0.3, 0.4) is 0 Å². The van der Waals surface area contributed by atoms with Crippen LogP contribution in [0.15, 0.2) is 22.7 Å². The largest absolute Gasteiger partial charge is 0.323 e. The SMILES string of the molecule is CCCc1cc(NN)c2cc(Br)cc(CC)c2n1. The van der Waals surface area contributed by atoms with Crippen LogP contribution >= 0.6 is 15.9 Å². The third-order valence-corrected chi connectivity index (χ3v) is 3.51. The van der Waals surface area contributed by atoms with Crippen LogP contribution in [0.4, 0.5) is 5.69 Å². The zero-order valence-corrected chi connectivity index (χ0v) is 12.3. The van der Waals surface area contributed by atoms with E-state index < -0.39 is 0 Å². The van der Waals surface area contributed by atoms with Crippen molar-refractivity contribution >= 4 is 32.5 Å². The number of nitrogens with two attached hydrogens (primary N) is 1. The number of nitrogens with zero attached hydrogens (tertiary/aromatic N) is 1.